The van der Waals surface area contributed by atoms with Crippen molar-refractivity contribution in [3.63, 3.8) is 0 Å². The lowest BCUT2D eigenvalue weighted by molar-refractivity contribution is -0.139. The molecule has 1 N–H and O–H groups in total. The Morgan fingerprint density at radius 1 is 1.30 bits per heavy atom. The van der Waals surface area contributed by atoms with Crippen LogP contribution in [0.15, 0.2) is 12.1 Å². The van der Waals surface area contributed by atoms with Gasteiger partial charge in [-0.2, -0.15) is 0 Å². The van der Waals surface area contributed by atoms with Gasteiger partial charge in [-0.25, -0.2) is 4.79 Å². The first-order chi connectivity index (χ1) is 9.40. The van der Waals surface area contributed by atoms with Gasteiger partial charge < -0.3 is 14.7 Å². The molecule has 0 spiro atoms. The third-order valence-corrected chi connectivity index (χ3v) is 3.46. The zero-order valence-corrected chi connectivity index (χ0v) is 12.0. The van der Waals surface area contributed by atoms with E-state index in [4.69, 9.17) is 9.84 Å². The molecular formula is C15H19NO4. The number of aliphatic carboxylic acids is 1. The van der Waals surface area contributed by atoms with Crippen molar-refractivity contribution in [2.45, 2.75) is 32.7 Å². The summed E-state index contributed by atoms with van der Waals surface area (Å²) in [5.74, 6) is -0.473. The highest BCUT2D eigenvalue weighted by Gasteiger charge is 2.30. The lowest BCUT2D eigenvalue weighted by Gasteiger charge is -2.18. The fourth-order valence-electron chi connectivity index (χ4n) is 2.27. The minimum Gasteiger partial charge on any atom is -0.481 e. The summed E-state index contributed by atoms with van der Waals surface area (Å²) in [6.07, 6.45) is 2.14. The predicted octanol–water partition coefficient (Wildman–Crippen LogP) is 2.00. The third-order valence-electron chi connectivity index (χ3n) is 3.46. The molecule has 0 bridgehead atoms. The number of carbonyl (C=O) groups excluding carboxylic acids is 1. The maximum absolute atomic E-state index is 12.3. The van der Waals surface area contributed by atoms with Crippen molar-refractivity contribution in [3.05, 3.63) is 28.8 Å². The summed E-state index contributed by atoms with van der Waals surface area (Å²) in [6.45, 7) is 3.26. The van der Waals surface area contributed by atoms with Gasteiger partial charge in [0.15, 0.2) is 6.61 Å². The van der Waals surface area contributed by atoms with E-state index in [2.05, 4.69) is 0 Å². The molecule has 20 heavy (non-hydrogen) atoms. The second kappa shape index (κ2) is 5.53. The van der Waals surface area contributed by atoms with Crippen LogP contribution in [0.4, 0.5) is 0 Å². The van der Waals surface area contributed by atoms with Crippen LogP contribution >= 0.6 is 0 Å². The molecule has 2 rings (SSSR count). The molecule has 1 aromatic rings. The Labute approximate surface area is 118 Å². The molecule has 1 fully saturated rings. The van der Waals surface area contributed by atoms with E-state index in [0.29, 0.717) is 17.4 Å². The highest BCUT2D eigenvalue weighted by molar-refractivity contribution is 5.95. The molecule has 1 aliphatic carbocycles. The van der Waals surface area contributed by atoms with Gasteiger partial charge in [0.2, 0.25) is 0 Å². The first-order valence-electron chi connectivity index (χ1n) is 6.63. The largest absolute Gasteiger partial charge is 0.481 e. The van der Waals surface area contributed by atoms with Crippen LogP contribution in [0.5, 0.6) is 5.75 Å². The van der Waals surface area contributed by atoms with Crippen LogP contribution in [0.3, 0.4) is 0 Å². The Morgan fingerprint density at radius 2 is 1.85 bits per heavy atom. The number of nitrogens with zero attached hydrogens (tertiary/aromatic N) is 1. The van der Waals surface area contributed by atoms with Crippen LogP contribution in [-0.4, -0.2) is 41.6 Å². The molecule has 1 aromatic carbocycles. The van der Waals surface area contributed by atoms with Gasteiger partial charge in [0.1, 0.15) is 5.75 Å². The Balaban J connectivity index is 2.20. The van der Waals surface area contributed by atoms with E-state index < -0.39 is 5.97 Å². The Morgan fingerprint density at radius 3 is 2.30 bits per heavy atom. The summed E-state index contributed by atoms with van der Waals surface area (Å²) in [5, 5.41) is 8.65. The molecule has 0 aliphatic heterocycles. The van der Waals surface area contributed by atoms with E-state index >= 15 is 0 Å². The van der Waals surface area contributed by atoms with Crippen molar-refractivity contribution in [1.29, 1.82) is 0 Å². The summed E-state index contributed by atoms with van der Waals surface area (Å²) >= 11 is 0. The Hall–Kier alpha value is -2.04. The van der Waals surface area contributed by atoms with Crippen LogP contribution in [0.25, 0.3) is 0 Å². The molecule has 0 saturated heterocycles. The molecule has 1 aliphatic rings. The van der Waals surface area contributed by atoms with Crippen molar-refractivity contribution in [1.82, 2.24) is 4.90 Å². The number of carbonyl (C=O) groups is 2. The molecule has 5 nitrogen and oxygen atoms in total. The topological polar surface area (TPSA) is 66.8 Å². The van der Waals surface area contributed by atoms with Gasteiger partial charge >= 0.3 is 5.97 Å². The normalized spacial score (nSPS) is 13.9. The maximum Gasteiger partial charge on any atom is 0.341 e. The summed E-state index contributed by atoms with van der Waals surface area (Å²) in [4.78, 5) is 24.6. The van der Waals surface area contributed by atoms with E-state index in [9.17, 15) is 9.59 Å². The molecule has 0 radical (unpaired) electrons. The first kappa shape index (κ1) is 14.4. The van der Waals surface area contributed by atoms with Crippen LogP contribution in [0.1, 0.15) is 34.3 Å². The van der Waals surface area contributed by atoms with E-state index in [1.54, 1.807) is 17.0 Å². The lowest BCUT2D eigenvalue weighted by Crippen LogP contribution is -2.28. The first-order valence-corrected chi connectivity index (χ1v) is 6.63. The Bertz CT molecular complexity index is 526. The van der Waals surface area contributed by atoms with E-state index in [-0.39, 0.29) is 12.5 Å². The number of carboxylic acids is 1. The average molecular weight is 277 g/mol. The number of amides is 1. The van der Waals surface area contributed by atoms with Gasteiger partial charge in [0.05, 0.1) is 0 Å². The van der Waals surface area contributed by atoms with E-state index in [1.807, 2.05) is 20.9 Å². The molecule has 0 aromatic heterocycles. The molecular weight excluding hydrogens is 258 g/mol. The quantitative estimate of drug-likeness (QED) is 0.894. The SMILES string of the molecule is Cc1cc(C(=O)N(C)C2CC2)cc(C)c1OCC(=O)O. The van der Waals surface area contributed by atoms with Crippen molar-refractivity contribution in [3.8, 4) is 5.75 Å². The number of hydrogen-bond donors (Lipinski definition) is 1. The fraction of sp³-hybridized carbons (Fsp3) is 0.467. The third kappa shape index (κ3) is 3.10. The van der Waals surface area contributed by atoms with Crippen LogP contribution in [0, 0.1) is 13.8 Å². The number of hydrogen-bond acceptors (Lipinski definition) is 3. The molecule has 0 atom stereocenters. The van der Waals surface area contributed by atoms with Crippen LogP contribution in [0.2, 0.25) is 0 Å². The van der Waals surface area contributed by atoms with Crippen LogP contribution in [-0.2, 0) is 4.79 Å². The molecule has 0 heterocycles. The summed E-state index contributed by atoms with van der Waals surface area (Å²) in [7, 11) is 1.82. The Kier molecular flexibility index (Phi) is 3.97. The van der Waals surface area contributed by atoms with Gasteiger partial charge in [-0.05, 0) is 49.9 Å². The molecule has 1 amide bonds. The fourth-order valence-corrected chi connectivity index (χ4v) is 2.27. The zero-order valence-electron chi connectivity index (χ0n) is 12.0. The van der Waals surface area contributed by atoms with E-state index in [0.717, 1.165) is 24.0 Å². The minimum atomic E-state index is -1.02. The molecule has 5 heteroatoms. The molecule has 108 valence electrons. The van der Waals surface area contributed by atoms with Gasteiger partial charge in [-0.1, -0.05) is 0 Å². The maximum atomic E-state index is 12.3. The summed E-state index contributed by atoms with van der Waals surface area (Å²) < 4.78 is 5.26. The van der Waals surface area contributed by atoms with Crippen molar-refractivity contribution in [2.24, 2.45) is 0 Å². The molecule has 0 unspecified atom stereocenters. The van der Waals surface area contributed by atoms with Crippen molar-refractivity contribution < 1.29 is 19.4 Å². The number of ether oxygens (including phenoxy) is 1. The number of benzene rings is 1. The predicted molar refractivity (Wildman–Crippen MR) is 74.2 cm³/mol. The van der Waals surface area contributed by atoms with Crippen LogP contribution < -0.4 is 4.74 Å². The lowest BCUT2D eigenvalue weighted by atomic mass is 10.0. The minimum absolute atomic E-state index is 0.00323. The van der Waals surface area contributed by atoms with Gasteiger partial charge in [0, 0.05) is 18.7 Å². The smallest absolute Gasteiger partial charge is 0.341 e. The summed E-state index contributed by atoms with van der Waals surface area (Å²) in [5.41, 5.74) is 2.18. The highest BCUT2D eigenvalue weighted by atomic mass is 16.5. The van der Waals surface area contributed by atoms with Gasteiger partial charge in [0.25, 0.3) is 5.91 Å². The monoisotopic (exact) mass is 277 g/mol. The average Bonchev–Trinajstić information content (AvgIpc) is 3.19. The van der Waals surface area contributed by atoms with Crippen molar-refractivity contribution in [2.75, 3.05) is 13.7 Å². The van der Waals surface area contributed by atoms with Gasteiger partial charge in [-0.15, -0.1) is 0 Å². The highest BCUT2D eigenvalue weighted by Crippen LogP contribution is 2.29. The number of aryl methyl sites for hydroxylation is 2. The summed E-state index contributed by atoms with van der Waals surface area (Å²) in [6, 6.07) is 3.88. The standard InChI is InChI=1S/C15H19NO4/c1-9-6-11(15(19)16(3)12-4-5-12)7-10(2)14(9)20-8-13(17)18/h6-7,12H,4-5,8H2,1-3H3,(H,17,18). The molecule has 1 saturated carbocycles. The zero-order chi connectivity index (χ0) is 14.9. The van der Waals surface area contributed by atoms with E-state index in [1.165, 1.54) is 0 Å². The second-order valence-corrected chi connectivity index (χ2v) is 5.27. The van der Waals surface area contributed by atoms with Crippen molar-refractivity contribution >= 4 is 11.9 Å². The number of carboxylic acid groups (broad SMARTS) is 1. The second-order valence-electron chi connectivity index (χ2n) is 5.27. The van der Waals surface area contributed by atoms with Gasteiger partial charge in [-0.3, -0.25) is 4.79 Å². The number of rotatable bonds is 5.